The first-order valence-electron chi connectivity index (χ1n) is 6.42. The van der Waals surface area contributed by atoms with E-state index >= 15 is 0 Å². The monoisotopic (exact) mass is 308 g/mol. The van der Waals surface area contributed by atoms with Gasteiger partial charge in [-0.1, -0.05) is 18.2 Å². The number of rotatable bonds is 4. The molecule has 2 aromatic rings. The average molecular weight is 308 g/mol. The largest absolute Gasteiger partial charge is 0.326 e. The molecule has 0 bridgehead atoms. The van der Waals surface area contributed by atoms with Crippen molar-refractivity contribution in [2.75, 3.05) is 4.72 Å². The molecule has 0 fully saturated rings. The Morgan fingerprint density at radius 1 is 1.14 bits per heavy atom. The zero-order chi connectivity index (χ0) is 15.6. The van der Waals surface area contributed by atoms with Gasteiger partial charge in [-0.15, -0.1) is 0 Å². The Morgan fingerprint density at radius 2 is 1.86 bits per heavy atom. The third-order valence-corrected chi connectivity index (χ3v) is 4.65. The second-order valence-electron chi connectivity index (χ2n) is 4.89. The van der Waals surface area contributed by atoms with Crippen LogP contribution >= 0.6 is 0 Å². The number of halogens is 1. The highest BCUT2D eigenvalue weighted by molar-refractivity contribution is 7.92. The van der Waals surface area contributed by atoms with Crippen LogP contribution in [-0.4, -0.2) is 8.42 Å². The van der Waals surface area contributed by atoms with Crippen LogP contribution in [0.2, 0.25) is 0 Å². The zero-order valence-corrected chi connectivity index (χ0v) is 12.7. The number of anilines is 1. The van der Waals surface area contributed by atoms with Crippen molar-refractivity contribution in [3.8, 4) is 0 Å². The lowest BCUT2D eigenvalue weighted by molar-refractivity contribution is 0.597. The summed E-state index contributed by atoms with van der Waals surface area (Å²) >= 11 is 0. The van der Waals surface area contributed by atoms with Gasteiger partial charge in [0.2, 0.25) is 0 Å². The maximum atomic E-state index is 13.8. The summed E-state index contributed by atoms with van der Waals surface area (Å²) in [6.45, 7) is 3.65. The zero-order valence-electron chi connectivity index (χ0n) is 11.9. The van der Waals surface area contributed by atoms with Crippen molar-refractivity contribution in [1.29, 1.82) is 0 Å². The Bertz CT molecular complexity index is 773. The van der Waals surface area contributed by atoms with Gasteiger partial charge < -0.3 is 5.73 Å². The standard InChI is InChI=1S/C15H17FN2O2S/c1-10-3-6-14(13(16)7-10)18-21(19,20)15-8-12(9-17)5-4-11(15)2/h3-8,18H,9,17H2,1-2H3. The van der Waals surface area contributed by atoms with E-state index in [0.717, 1.165) is 5.56 Å². The minimum absolute atomic E-state index is 0.0712. The van der Waals surface area contributed by atoms with E-state index in [0.29, 0.717) is 11.1 Å². The molecule has 0 aliphatic heterocycles. The number of hydrogen-bond donors (Lipinski definition) is 2. The van der Waals surface area contributed by atoms with E-state index in [1.807, 2.05) is 0 Å². The van der Waals surface area contributed by atoms with Gasteiger partial charge in [-0.25, -0.2) is 12.8 Å². The third kappa shape index (κ3) is 3.40. The van der Waals surface area contributed by atoms with Gasteiger partial charge in [-0.05, 0) is 48.7 Å². The fourth-order valence-electron chi connectivity index (χ4n) is 1.96. The average Bonchev–Trinajstić information content (AvgIpc) is 2.42. The van der Waals surface area contributed by atoms with Crippen LogP contribution in [0.25, 0.3) is 0 Å². The molecule has 0 aliphatic rings. The van der Waals surface area contributed by atoms with Crippen LogP contribution in [-0.2, 0) is 16.6 Å². The molecule has 0 radical (unpaired) electrons. The summed E-state index contributed by atoms with van der Waals surface area (Å²) in [6, 6.07) is 9.28. The predicted molar refractivity (Wildman–Crippen MR) is 81.0 cm³/mol. The Hall–Kier alpha value is -1.92. The fraction of sp³-hybridized carbons (Fsp3) is 0.200. The van der Waals surface area contributed by atoms with Crippen LogP contribution in [0.1, 0.15) is 16.7 Å². The number of nitrogens with two attached hydrogens (primary N) is 1. The number of nitrogens with one attached hydrogen (secondary N) is 1. The molecule has 4 nitrogen and oxygen atoms in total. The molecule has 112 valence electrons. The van der Waals surface area contributed by atoms with Gasteiger partial charge in [0.1, 0.15) is 5.82 Å². The van der Waals surface area contributed by atoms with Crippen LogP contribution < -0.4 is 10.5 Å². The van der Waals surface area contributed by atoms with E-state index in [1.165, 1.54) is 18.2 Å². The molecule has 0 spiro atoms. The lowest BCUT2D eigenvalue weighted by Crippen LogP contribution is -2.16. The molecule has 0 heterocycles. The van der Waals surface area contributed by atoms with Gasteiger partial charge in [0.25, 0.3) is 10.0 Å². The van der Waals surface area contributed by atoms with Gasteiger partial charge in [0.05, 0.1) is 10.6 Å². The molecule has 0 aliphatic carbocycles. The lowest BCUT2D eigenvalue weighted by Gasteiger charge is -2.12. The van der Waals surface area contributed by atoms with Crippen molar-refractivity contribution >= 4 is 15.7 Å². The molecule has 6 heteroatoms. The molecule has 2 rings (SSSR count). The summed E-state index contributed by atoms with van der Waals surface area (Å²) in [5.74, 6) is -0.605. The minimum atomic E-state index is -3.86. The number of sulfonamides is 1. The van der Waals surface area contributed by atoms with Crippen molar-refractivity contribution in [2.45, 2.75) is 25.3 Å². The van der Waals surface area contributed by atoms with Gasteiger partial charge in [-0.2, -0.15) is 0 Å². The molecule has 0 unspecified atom stereocenters. The first-order chi connectivity index (χ1) is 9.83. The lowest BCUT2D eigenvalue weighted by atomic mass is 10.1. The van der Waals surface area contributed by atoms with Crippen molar-refractivity contribution in [2.24, 2.45) is 5.73 Å². The number of hydrogen-bond acceptors (Lipinski definition) is 3. The van der Waals surface area contributed by atoms with E-state index in [9.17, 15) is 12.8 Å². The normalized spacial score (nSPS) is 11.4. The molecular weight excluding hydrogens is 291 g/mol. The van der Waals surface area contributed by atoms with E-state index in [2.05, 4.69) is 4.72 Å². The molecule has 0 atom stereocenters. The summed E-state index contributed by atoms with van der Waals surface area (Å²) in [4.78, 5) is 0.102. The SMILES string of the molecule is Cc1ccc(NS(=O)(=O)c2cc(CN)ccc2C)c(F)c1. The van der Waals surface area contributed by atoms with Crippen LogP contribution in [0, 0.1) is 19.7 Å². The van der Waals surface area contributed by atoms with Gasteiger partial charge in [0.15, 0.2) is 0 Å². The van der Waals surface area contributed by atoms with Crippen molar-refractivity contribution in [3.63, 3.8) is 0 Å². The summed E-state index contributed by atoms with van der Waals surface area (Å²) < 4.78 is 40.9. The van der Waals surface area contributed by atoms with Gasteiger partial charge in [-0.3, -0.25) is 4.72 Å². The number of benzene rings is 2. The van der Waals surface area contributed by atoms with E-state index in [4.69, 9.17) is 5.73 Å². The molecule has 0 saturated carbocycles. The first-order valence-corrected chi connectivity index (χ1v) is 7.90. The fourth-order valence-corrected chi connectivity index (χ4v) is 3.33. The summed E-state index contributed by atoms with van der Waals surface area (Å²) in [6.07, 6.45) is 0. The Kier molecular flexibility index (Phi) is 4.29. The summed E-state index contributed by atoms with van der Waals surface area (Å²) in [7, 11) is -3.86. The Labute approximate surface area is 123 Å². The molecule has 2 aromatic carbocycles. The van der Waals surface area contributed by atoms with Crippen LogP contribution in [0.3, 0.4) is 0 Å². The molecule has 21 heavy (non-hydrogen) atoms. The summed E-state index contributed by atoms with van der Waals surface area (Å²) in [5, 5.41) is 0. The molecule has 0 aromatic heterocycles. The van der Waals surface area contributed by atoms with Crippen molar-refractivity contribution in [3.05, 3.63) is 58.9 Å². The highest BCUT2D eigenvalue weighted by Crippen LogP contribution is 2.23. The second-order valence-corrected chi connectivity index (χ2v) is 6.54. The van der Waals surface area contributed by atoms with Crippen molar-refractivity contribution in [1.82, 2.24) is 0 Å². The smallest absolute Gasteiger partial charge is 0.262 e. The highest BCUT2D eigenvalue weighted by Gasteiger charge is 2.19. The predicted octanol–water partition coefficient (Wildman–Crippen LogP) is 2.70. The topological polar surface area (TPSA) is 72.2 Å². The molecule has 0 amide bonds. The first kappa shape index (κ1) is 15.5. The summed E-state index contributed by atoms with van der Waals surface area (Å²) in [5.41, 5.74) is 7.45. The van der Waals surface area contributed by atoms with Crippen molar-refractivity contribution < 1.29 is 12.8 Å². The molecule has 0 saturated heterocycles. The van der Waals surface area contributed by atoms with E-state index in [1.54, 1.807) is 32.0 Å². The van der Waals surface area contributed by atoms with Crippen LogP contribution in [0.5, 0.6) is 0 Å². The molecular formula is C15H17FN2O2S. The van der Waals surface area contributed by atoms with Crippen LogP contribution in [0.4, 0.5) is 10.1 Å². The van der Waals surface area contributed by atoms with Gasteiger partial charge >= 0.3 is 0 Å². The Morgan fingerprint density at radius 3 is 2.48 bits per heavy atom. The Balaban J connectivity index is 2.43. The highest BCUT2D eigenvalue weighted by atomic mass is 32.2. The van der Waals surface area contributed by atoms with E-state index in [-0.39, 0.29) is 17.1 Å². The van der Waals surface area contributed by atoms with Crippen LogP contribution in [0.15, 0.2) is 41.3 Å². The maximum Gasteiger partial charge on any atom is 0.262 e. The second kappa shape index (κ2) is 5.83. The van der Waals surface area contributed by atoms with E-state index < -0.39 is 15.8 Å². The third-order valence-electron chi connectivity index (χ3n) is 3.15. The molecule has 3 N–H and O–H groups in total. The van der Waals surface area contributed by atoms with Gasteiger partial charge in [0, 0.05) is 6.54 Å². The number of aryl methyl sites for hydroxylation is 2. The minimum Gasteiger partial charge on any atom is -0.326 e. The quantitative estimate of drug-likeness (QED) is 0.912. The maximum absolute atomic E-state index is 13.8.